The second-order valence-corrected chi connectivity index (χ2v) is 16.9. The Kier molecular flexibility index (Phi) is 7.80. The molecule has 262 valence electrons. The molecule has 0 bridgehead atoms. The average Bonchev–Trinajstić information content (AvgIpc) is 3.73. The van der Waals surface area contributed by atoms with Crippen LogP contribution < -0.4 is 0 Å². The quantitative estimate of drug-likeness (QED) is 0.212. The van der Waals surface area contributed by atoms with Crippen molar-refractivity contribution in [3.63, 3.8) is 0 Å². The van der Waals surface area contributed by atoms with Gasteiger partial charge in [-0.1, -0.05) is 71.7 Å². The van der Waals surface area contributed by atoms with Crippen molar-refractivity contribution in [1.29, 1.82) is 0 Å². The lowest BCUT2D eigenvalue weighted by Gasteiger charge is -2.29. The van der Waals surface area contributed by atoms with Crippen molar-refractivity contribution >= 4 is 35.4 Å². The number of nitrogens with one attached hydrogen (secondary N) is 2. The number of nitrogens with zero attached hydrogens (tertiary/aromatic N) is 4. The van der Waals surface area contributed by atoms with Crippen LogP contribution in [0.25, 0.3) is 33.6 Å². The number of aromatic amines is 2. The molecule has 2 aliphatic carbocycles. The van der Waals surface area contributed by atoms with Gasteiger partial charge >= 0.3 is 12.2 Å². The smallest absolute Gasteiger partial charge is 0.411 e. The molecule has 0 radical (unpaired) electrons. The van der Waals surface area contributed by atoms with E-state index in [0.29, 0.717) is 45.2 Å². The number of hydrogen-bond acceptors (Lipinski definition) is 6. The summed E-state index contributed by atoms with van der Waals surface area (Å²) in [6.45, 7) is 11.3. The Hall–Kier alpha value is -4.02. The number of halogens is 2. The summed E-state index contributed by atoms with van der Waals surface area (Å²) >= 11 is 13.4. The predicted octanol–water partition coefficient (Wildman–Crippen LogP) is 9.58. The lowest BCUT2D eigenvalue weighted by molar-refractivity contribution is 0.0164. The van der Waals surface area contributed by atoms with Gasteiger partial charge in [-0.2, -0.15) is 0 Å². The highest BCUT2D eigenvalue weighted by Crippen LogP contribution is 2.55. The van der Waals surface area contributed by atoms with Crippen LogP contribution >= 0.6 is 23.2 Å². The van der Waals surface area contributed by atoms with E-state index in [-0.39, 0.29) is 36.4 Å². The van der Waals surface area contributed by atoms with E-state index in [1.165, 1.54) is 0 Å². The van der Waals surface area contributed by atoms with E-state index in [1.807, 2.05) is 99.9 Å². The Morgan fingerprint density at radius 3 is 1.30 bits per heavy atom. The normalized spacial score (nSPS) is 25.4. The lowest BCUT2D eigenvalue weighted by atomic mass is 10.0. The minimum atomic E-state index is -0.569. The molecule has 0 unspecified atom stereocenters. The fraction of sp³-hybridized carbons (Fsp3) is 0.474. The second kappa shape index (κ2) is 11.8. The number of piperidine rings is 2. The van der Waals surface area contributed by atoms with Gasteiger partial charge in [0.25, 0.3) is 0 Å². The van der Waals surface area contributed by atoms with Gasteiger partial charge in [0, 0.05) is 23.2 Å². The van der Waals surface area contributed by atoms with Crippen LogP contribution in [0, 0.1) is 11.8 Å². The van der Waals surface area contributed by atoms with Crippen molar-refractivity contribution in [3.8, 4) is 33.6 Å². The van der Waals surface area contributed by atoms with Gasteiger partial charge in [0.15, 0.2) is 0 Å². The first-order valence-corrected chi connectivity index (χ1v) is 18.1. The number of benzene rings is 2. The van der Waals surface area contributed by atoms with E-state index in [0.717, 1.165) is 47.9 Å². The topological polar surface area (TPSA) is 116 Å². The highest BCUT2D eigenvalue weighted by Gasteiger charge is 2.57. The Balaban J connectivity index is 0.968. The number of hydrogen-bond donors (Lipinski definition) is 2. The molecule has 12 heteroatoms. The number of H-pyrrole nitrogens is 2. The summed E-state index contributed by atoms with van der Waals surface area (Å²) in [5, 5.41) is 0.891. The number of rotatable bonds is 5. The van der Waals surface area contributed by atoms with Crippen LogP contribution in [-0.4, -0.2) is 65.2 Å². The number of amides is 2. The minimum Gasteiger partial charge on any atom is -0.444 e. The number of ether oxygens (including phenoxy) is 2. The van der Waals surface area contributed by atoms with Crippen LogP contribution in [0.5, 0.6) is 0 Å². The molecule has 50 heavy (non-hydrogen) atoms. The second-order valence-electron chi connectivity index (χ2n) is 16.1. The Morgan fingerprint density at radius 2 is 0.960 bits per heavy atom. The number of carbonyl (C=O) groups excluding carboxylic acids is 2. The minimum absolute atomic E-state index is 0.190. The van der Waals surface area contributed by atoms with Crippen molar-refractivity contribution in [1.82, 2.24) is 29.7 Å². The maximum Gasteiger partial charge on any atom is 0.411 e. The molecular weight excluding hydrogens is 675 g/mol. The standard InChI is InChI=1S/C38H42Cl2N6O4/c1-37(2,3)49-35(47)45-25-15-23(25)17-27(45)33-41-29(31(39)43-33)21-11-7-19(8-12-21)20-9-13-22(14-10-20)30-32(40)44-34(42-30)28-18-24-16-26(24)46(28)36(48)50-38(4,5)6/h7-14,23-28H,15-18H2,1-6H3,(H,41,43)(H,42,44)/t23-,24-,25-,26-,27+,28+/m1/s1. The molecule has 2 N–H and O–H groups in total. The molecule has 2 amide bonds. The third-order valence-corrected chi connectivity index (χ3v) is 10.6. The Labute approximate surface area is 301 Å². The van der Waals surface area contributed by atoms with Crippen molar-refractivity contribution in [2.45, 2.75) is 103 Å². The molecule has 4 aromatic rings. The molecule has 4 fully saturated rings. The lowest BCUT2D eigenvalue weighted by Crippen LogP contribution is -2.38. The van der Waals surface area contributed by atoms with Gasteiger partial charge in [0.2, 0.25) is 0 Å². The molecule has 8 rings (SSSR count). The Morgan fingerprint density at radius 1 is 0.620 bits per heavy atom. The van der Waals surface area contributed by atoms with Crippen LogP contribution in [0.4, 0.5) is 9.59 Å². The average molecular weight is 718 g/mol. The fourth-order valence-corrected chi connectivity index (χ4v) is 8.13. The van der Waals surface area contributed by atoms with Gasteiger partial charge in [-0.15, -0.1) is 0 Å². The number of likely N-dealkylation sites (tertiary alicyclic amines) is 2. The zero-order valence-electron chi connectivity index (χ0n) is 29.1. The molecule has 2 saturated heterocycles. The summed E-state index contributed by atoms with van der Waals surface area (Å²) in [4.78, 5) is 46.1. The van der Waals surface area contributed by atoms with Gasteiger partial charge < -0.3 is 19.4 Å². The predicted molar refractivity (Wildman–Crippen MR) is 192 cm³/mol. The van der Waals surface area contributed by atoms with E-state index in [9.17, 15) is 9.59 Å². The van der Waals surface area contributed by atoms with Crippen LogP contribution in [0.2, 0.25) is 10.3 Å². The summed E-state index contributed by atoms with van der Waals surface area (Å²) in [5.74, 6) is 2.32. The number of fused-ring (bicyclic) bond motifs is 2. The highest BCUT2D eigenvalue weighted by atomic mass is 35.5. The zero-order chi connectivity index (χ0) is 35.3. The maximum absolute atomic E-state index is 13.1. The van der Waals surface area contributed by atoms with Gasteiger partial charge in [-0.05, 0) is 90.2 Å². The maximum atomic E-state index is 13.1. The Bertz CT molecular complexity index is 1820. The summed E-state index contributed by atoms with van der Waals surface area (Å²) in [6, 6.07) is 16.2. The van der Waals surface area contributed by atoms with Crippen LogP contribution in [0.15, 0.2) is 48.5 Å². The van der Waals surface area contributed by atoms with E-state index < -0.39 is 11.2 Å². The van der Waals surface area contributed by atoms with Gasteiger partial charge in [-0.3, -0.25) is 9.80 Å². The molecule has 4 aliphatic rings. The molecular formula is C38H42Cl2N6O4. The first-order chi connectivity index (χ1) is 23.6. The summed E-state index contributed by atoms with van der Waals surface area (Å²) in [6.07, 6.45) is 3.09. The first-order valence-electron chi connectivity index (χ1n) is 17.4. The van der Waals surface area contributed by atoms with Gasteiger partial charge in [0.1, 0.15) is 44.5 Å². The molecule has 2 saturated carbocycles. The van der Waals surface area contributed by atoms with Crippen LogP contribution in [0.1, 0.15) is 91.0 Å². The molecule has 2 aromatic carbocycles. The molecule has 2 aromatic heterocycles. The molecule has 0 spiro atoms. The van der Waals surface area contributed by atoms with E-state index in [2.05, 4.69) is 9.97 Å². The van der Waals surface area contributed by atoms with Gasteiger partial charge in [0.05, 0.1) is 12.1 Å². The van der Waals surface area contributed by atoms with Gasteiger partial charge in [-0.25, -0.2) is 19.6 Å². The summed E-state index contributed by atoms with van der Waals surface area (Å²) in [5.41, 5.74) is 4.00. The number of imidazole rings is 2. The molecule has 10 nitrogen and oxygen atoms in total. The van der Waals surface area contributed by atoms with Crippen molar-refractivity contribution in [2.75, 3.05) is 0 Å². The first kappa shape index (κ1) is 33.1. The SMILES string of the molecule is CC(C)(C)OC(=O)N1[C@@H]2C[C@@H]2C[C@H]1c1nc(-c2ccc(-c3ccc(-c4nc([C@@H]5C[C@H]6C[C@H]6N5C(=O)OC(C)(C)C)[nH]c4Cl)cc3)cc2)c(Cl)[nH]1. The fourth-order valence-electron chi connectivity index (χ4n) is 7.63. The number of aromatic nitrogens is 4. The van der Waals surface area contributed by atoms with E-state index >= 15 is 0 Å². The third kappa shape index (κ3) is 6.25. The van der Waals surface area contributed by atoms with Crippen molar-refractivity contribution in [2.24, 2.45) is 11.8 Å². The highest BCUT2D eigenvalue weighted by molar-refractivity contribution is 6.32. The van der Waals surface area contributed by atoms with Crippen molar-refractivity contribution in [3.05, 3.63) is 70.5 Å². The van der Waals surface area contributed by atoms with E-state index in [1.54, 1.807) is 0 Å². The zero-order valence-corrected chi connectivity index (χ0v) is 30.6. The molecule has 6 atom stereocenters. The van der Waals surface area contributed by atoms with Crippen LogP contribution in [0.3, 0.4) is 0 Å². The molecule has 2 aliphatic heterocycles. The third-order valence-electron chi connectivity index (χ3n) is 10.1. The van der Waals surface area contributed by atoms with E-state index in [4.69, 9.17) is 42.6 Å². The van der Waals surface area contributed by atoms with Crippen molar-refractivity contribution < 1.29 is 19.1 Å². The summed E-state index contributed by atoms with van der Waals surface area (Å²) in [7, 11) is 0. The van der Waals surface area contributed by atoms with Crippen LogP contribution in [-0.2, 0) is 9.47 Å². The molecule has 4 heterocycles. The number of carbonyl (C=O) groups is 2. The summed E-state index contributed by atoms with van der Waals surface area (Å²) < 4.78 is 11.4. The largest absolute Gasteiger partial charge is 0.444 e. The monoisotopic (exact) mass is 716 g/mol.